The monoisotopic (exact) mass is 328 g/mol. The van der Waals surface area contributed by atoms with Gasteiger partial charge in [0, 0.05) is 32.1 Å². The Morgan fingerprint density at radius 3 is 2.58 bits per heavy atom. The van der Waals surface area contributed by atoms with Crippen molar-refractivity contribution < 1.29 is 4.79 Å². The van der Waals surface area contributed by atoms with Gasteiger partial charge in [-0.2, -0.15) is 4.52 Å². The summed E-state index contributed by atoms with van der Waals surface area (Å²) in [4.78, 5) is 17.1. The Bertz CT molecular complexity index is 713. The zero-order chi connectivity index (χ0) is 16.5. The lowest BCUT2D eigenvalue weighted by Gasteiger charge is -2.37. The summed E-state index contributed by atoms with van der Waals surface area (Å²) < 4.78 is 1.70. The molecular formula is C17H24N6O. The molecule has 0 radical (unpaired) electrons. The summed E-state index contributed by atoms with van der Waals surface area (Å²) in [5.41, 5.74) is 0.753. The summed E-state index contributed by atoms with van der Waals surface area (Å²) in [6.07, 6.45) is 5.73. The van der Waals surface area contributed by atoms with Gasteiger partial charge in [-0.05, 0) is 43.7 Å². The van der Waals surface area contributed by atoms with Gasteiger partial charge < -0.3 is 9.80 Å². The van der Waals surface area contributed by atoms with Crippen LogP contribution in [0.4, 0.5) is 5.82 Å². The van der Waals surface area contributed by atoms with E-state index in [-0.39, 0.29) is 5.92 Å². The normalized spacial score (nSPS) is 20.7. The number of piperidine rings is 2. The summed E-state index contributed by atoms with van der Waals surface area (Å²) in [5.74, 6) is 2.23. The number of likely N-dealkylation sites (tertiary alicyclic amines) is 1. The molecule has 4 rings (SSSR count). The first-order valence-corrected chi connectivity index (χ1v) is 8.91. The van der Waals surface area contributed by atoms with Crippen LogP contribution in [0.3, 0.4) is 0 Å². The number of hydrogen-bond donors (Lipinski definition) is 0. The van der Waals surface area contributed by atoms with Gasteiger partial charge in [0.2, 0.25) is 5.91 Å². The first-order chi connectivity index (χ1) is 11.7. The molecule has 2 aromatic rings. The van der Waals surface area contributed by atoms with E-state index in [1.54, 1.807) is 10.8 Å². The third kappa shape index (κ3) is 2.95. The maximum atomic E-state index is 12.7. The summed E-state index contributed by atoms with van der Waals surface area (Å²) in [5, 5.41) is 12.4. The number of rotatable bonds is 2. The number of fused-ring (bicyclic) bond motifs is 1. The van der Waals surface area contributed by atoms with Crippen molar-refractivity contribution in [2.45, 2.75) is 32.6 Å². The highest BCUT2D eigenvalue weighted by Gasteiger charge is 2.30. The van der Waals surface area contributed by atoms with Gasteiger partial charge in [0.05, 0.1) is 0 Å². The first kappa shape index (κ1) is 15.4. The molecule has 0 atom stereocenters. The van der Waals surface area contributed by atoms with Gasteiger partial charge in [-0.15, -0.1) is 15.3 Å². The van der Waals surface area contributed by atoms with Crippen LogP contribution in [0.1, 0.15) is 32.6 Å². The molecule has 0 bridgehead atoms. The first-order valence-electron chi connectivity index (χ1n) is 8.91. The zero-order valence-corrected chi connectivity index (χ0v) is 14.1. The highest BCUT2D eigenvalue weighted by atomic mass is 16.2. The maximum absolute atomic E-state index is 12.7. The van der Waals surface area contributed by atoms with Crippen LogP contribution in [0.15, 0.2) is 18.5 Å². The summed E-state index contributed by atoms with van der Waals surface area (Å²) in [6.45, 7) is 5.90. The van der Waals surface area contributed by atoms with Crippen LogP contribution < -0.4 is 4.90 Å². The molecule has 0 aliphatic carbocycles. The molecule has 2 saturated heterocycles. The molecule has 7 nitrogen and oxygen atoms in total. The minimum Gasteiger partial charge on any atom is -0.355 e. The van der Waals surface area contributed by atoms with Crippen LogP contribution in [0, 0.1) is 11.8 Å². The summed E-state index contributed by atoms with van der Waals surface area (Å²) in [7, 11) is 0. The van der Waals surface area contributed by atoms with Gasteiger partial charge in [0.25, 0.3) is 0 Å². The number of carbonyl (C=O) groups is 1. The van der Waals surface area contributed by atoms with Crippen molar-refractivity contribution in [2.75, 3.05) is 31.1 Å². The molecule has 2 aliphatic heterocycles. The second-order valence-corrected chi connectivity index (χ2v) is 7.09. The quantitative estimate of drug-likeness (QED) is 0.838. The Morgan fingerprint density at radius 2 is 1.83 bits per heavy atom. The Labute approximate surface area is 141 Å². The molecule has 7 heteroatoms. The van der Waals surface area contributed by atoms with E-state index in [9.17, 15) is 4.79 Å². The number of amides is 1. The molecule has 0 spiro atoms. The lowest BCUT2D eigenvalue weighted by atomic mass is 9.92. The standard InChI is InChI=1S/C17H24N6O/c1-13-4-8-22(9-5-13)17(24)14-6-10-21(11-7-14)16-3-2-15-19-18-12-23(15)20-16/h2-3,12-14H,4-11H2,1H3. The van der Waals surface area contributed by atoms with Crippen molar-refractivity contribution in [3.8, 4) is 0 Å². The molecule has 128 valence electrons. The molecule has 24 heavy (non-hydrogen) atoms. The maximum Gasteiger partial charge on any atom is 0.225 e. The summed E-state index contributed by atoms with van der Waals surface area (Å²) in [6, 6.07) is 3.92. The largest absolute Gasteiger partial charge is 0.355 e. The Kier molecular flexibility index (Phi) is 4.08. The van der Waals surface area contributed by atoms with Crippen molar-refractivity contribution >= 4 is 17.4 Å². The fourth-order valence-corrected chi connectivity index (χ4v) is 3.73. The number of aromatic nitrogens is 4. The van der Waals surface area contributed by atoms with Crippen LogP contribution in [0.5, 0.6) is 0 Å². The minimum absolute atomic E-state index is 0.174. The fourth-order valence-electron chi connectivity index (χ4n) is 3.73. The van der Waals surface area contributed by atoms with Crippen LogP contribution in [0.2, 0.25) is 0 Å². The highest BCUT2D eigenvalue weighted by Crippen LogP contribution is 2.25. The van der Waals surface area contributed by atoms with Gasteiger partial charge >= 0.3 is 0 Å². The topological polar surface area (TPSA) is 66.6 Å². The lowest BCUT2D eigenvalue weighted by molar-refractivity contribution is -0.137. The van der Waals surface area contributed by atoms with Gasteiger partial charge in [-0.25, -0.2) is 0 Å². The Hall–Kier alpha value is -2.18. The van der Waals surface area contributed by atoms with Gasteiger partial charge in [0.1, 0.15) is 12.1 Å². The van der Waals surface area contributed by atoms with Crippen molar-refractivity contribution in [3.05, 3.63) is 18.5 Å². The van der Waals surface area contributed by atoms with E-state index >= 15 is 0 Å². The third-order valence-electron chi connectivity index (χ3n) is 5.41. The highest BCUT2D eigenvalue weighted by molar-refractivity contribution is 5.79. The predicted molar refractivity (Wildman–Crippen MR) is 90.7 cm³/mol. The van der Waals surface area contributed by atoms with E-state index in [0.29, 0.717) is 5.91 Å². The molecule has 0 N–H and O–H groups in total. The SMILES string of the molecule is CC1CCN(C(=O)C2CCN(c3ccc4nncn4n3)CC2)CC1. The summed E-state index contributed by atoms with van der Waals surface area (Å²) >= 11 is 0. The molecule has 0 aromatic carbocycles. The number of nitrogens with zero attached hydrogens (tertiary/aromatic N) is 6. The van der Waals surface area contributed by atoms with E-state index < -0.39 is 0 Å². The van der Waals surface area contributed by atoms with Gasteiger partial charge in [0.15, 0.2) is 5.65 Å². The van der Waals surface area contributed by atoms with E-state index in [4.69, 9.17) is 0 Å². The van der Waals surface area contributed by atoms with Gasteiger partial charge in [-0.3, -0.25) is 4.79 Å². The number of hydrogen-bond acceptors (Lipinski definition) is 5. The van der Waals surface area contributed by atoms with E-state index in [1.165, 1.54) is 0 Å². The molecule has 0 saturated carbocycles. The van der Waals surface area contributed by atoms with Crippen molar-refractivity contribution in [1.29, 1.82) is 0 Å². The van der Waals surface area contributed by atoms with Crippen LogP contribution in [-0.4, -0.2) is 56.8 Å². The van der Waals surface area contributed by atoms with Crippen LogP contribution in [-0.2, 0) is 4.79 Å². The van der Waals surface area contributed by atoms with Gasteiger partial charge in [-0.1, -0.05) is 6.92 Å². The van der Waals surface area contributed by atoms with Crippen molar-refractivity contribution in [3.63, 3.8) is 0 Å². The smallest absolute Gasteiger partial charge is 0.225 e. The Balaban J connectivity index is 1.36. The van der Waals surface area contributed by atoms with E-state index in [2.05, 4.69) is 32.0 Å². The third-order valence-corrected chi connectivity index (χ3v) is 5.41. The molecule has 0 unspecified atom stereocenters. The number of anilines is 1. The molecule has 2 fully saturated rings. The molecular weight excluding hydrogens is 304 g/mol. The van der Waals surface area contributed by atoms with Crippen molar-refractivity contribution in [1.82, 2.24) is 24.7 Å². The van der Waals surface area contributed by atoms with E-state index in [1.807, 2.05) is 12.1 Å². The zero-order valence-electron chi connectivity index (χ0n) is 14.1. The minimum atomic E-state index is 0.174. The molecule has 4 heterocycles. The van der Waals surface area contributed by atoms with E-state index in [0.717, 1.165) is 69.2 Å². The second kappa shape index (κ2) is 6.37. The second-order valence-electron chi connectivity index (χ2n) is 7.09. The fraction of sp³-hybridized carbons (Fsp3) is 0.647. The Morgan fingerprint density at radius 1 is 1.08 bits per heavy atom. The van der Waals surface area contributed by atoms with Crippen LogP contribution in [0.25, 0.3) is 5.65 Å². The molecule has 2 aliphatic rings. The predicted octanol–water partition coefficient (Wildman–Crippen LogP) is 1.60. The molecule has 1 amide bonds. The lowest BCUT2D eigenvalue weighted by Crippen LogP contribution is -2.45. The van der Waals surface area contributed by atoms with Crippen molar-refractivity contribution in [2.24, 2.45) is 11.8 Å². The number of carbonyl (C=O) groups excluding carboxylic acids is 1. The molecule has 2 aromatic heterocycles. The average Bonchev–Trinajstić information content (AvgIpc) is 3.09. The average molecular weight is 328 g/mol. The van der Waals surface area contributed by atoms with Crippen LogP contribution >= 0.6 is 0 Å².